The number of para-hydroxylation sites is 1. The van der Waals surface area contributed by atoms with Gasteiger partial charge in [-0.05, 0) is 43.9 Å². The normalized spacial score (nSPS) is 23.8. The summed E-state index contributed by atoms with van der Waals surface area (Å²) < 4.78 is 46.6. The summed E-state index contributed by atoms with van der Waals surface area (Å²) in [5.74, 6) is -2.18. The van der Waals surface area contributed by atoms with E-state index >= 15 is 0 Å². The standard InChI is InChI=1S/C25H37NO8S/c1-3-5-6-7-10-18-11-8-9-12-20(18)26-35(30,31)23-13-14-25(15-19(23)24(29)32-4-2)33-21(16-27)22(17-28)34-25/h8-9,11-12,15,21-23,26-28H,3-7,10,13-14,16-17H2,1-2H3/t21-,22-,23?/m1/s1. The maximum absolute atomic E-state index is 13.5. The minimum atomic E-state index is -4.02. The van der Waals surface area contributed by atoms with Crippen molar-refractivity contribution < 1.29 is 37.6 Å². The van der Waals surface area contributed by atoms with E-state index in [0.717, 1.165) is 37.7 Å². The highest BCUT2D eigenvalue weighted by atomic mass is 32.2. The average molecular weight is 512 g/mol. The highest BCUT2D eigenvalue weighted by molar-refractivity contribution is 7.93. The second-order valence-corrected chi connectivity index (χ2v) is 10.8. The Kier molecular flexibility index (Phi) is 9.71. The third-order valence-corrected chi connectivity index (χ3v) is 8.15. The van der Waals surface area contributed by atoms with Gasteiger partial charge in [0.05, 0.1) is 31.1 Å². The Labute approximate surface area is 207 Å². The number of nitrogens with one attached hydrogen (secondary N) is 1. The maximum Gasteiger partial charge on any atom is 0.335 e. The Morgan fingerprint density at radius 3 is 2.43 bits per heavy atom. The van der Waals surface area contributed by atoms with Gasteiger partial charge >= 0.3 is 5.97 Å². The maximum atomic E-state index is 13.5. The number of aliphatic hydroxyl groups is 2. The molecule has 1 fully saturated rings. The van der Waals surface area contributed by atoms with Crippen LogP contribution < -0.4 is 4.72 Å². The largest absolute Gasteiger partial charge is 0.463 e. The topological polar surface area (TPSA) is 131 Å². The molecule has 1 aliphatic carbocycles. The summed E-state index contributed by atoms with van der Waals surface area (Å²) in [6.45, 7) is 3.09. The van der Waals surface area contributed by atoms with Crippen LogP contribution in [0.1, 0.15) is 57.9 Å². The number of aliphatic hydroxyl groups excluding tert-OH is 2. The number of hydrogen-bond acceptors (Lipinski definition) is 8. The number of ether oxygens (including phenoxy) is 3. The van der Waals surface area contributed by atoms with Gasteiger partial charge in [-0.2, -0.15) is 0 Å². The second kappa shape index (κ2) is 12.3. The van der Waals surface area contributed by atoms with Gasteiger partial charge in [0.1, 0.15) is 17.5 Å². The zero-order valence-electron chi connectivity index (χ0n) is 20.4. The molecule has 1 unspecified atom stereocenters. The molecule has 2 aliphatic rings. The Hall–Kier alpha value is -1.98. The number of rotatable bonds is 12. The molecule has 1 saturated heterocycles. The van der Waals surface area contributed by atoms with Crippen LogP contribution in [0.4, 0.5) is 5.69 Å². The van der Waals surface area contributed by atoms with Crippen LogP contribution in [0.25, 0.3) is 0 Å². The summed E-state index contributed by atoms with van der Waals surface area (Å²) in [6, 6.07) is 7.29. The summed E-state index contributed by atoms with van der Waals surface area (Å²) in [5.41, 5.74) is 1.32. The van der Waals surface area contributed by atoms with Gasteiger partial charge < -0.3 is 24.4 Å². The zero-order valence-corrected chi connectivity index (χ0v) is 21.3. The summed E-state index contributed by atoms with van der Waals surface area (Å²) >= 11 is 0. The van der Waals surface area contributed by atoms with Crippen molar-refractivity contribution in [2.24, 2.45) is 0 Å². The first-order chi connectivity index (χ1) is 16.8. The molecule has 0 aromatic heterocycles. The predicted octanol–water partition coefficient (Wildman–Crippen LogP) is 2.67. The van der Waals surface area contributed by atoms with Crippen molar-refractivity contribution in [3.05, 3.63) is 41.5 Å². The number of sulfonamides is 1. The first-order valence-corrected chi connectivity index (χ1v) is 13.9. The number of unbranched alkanes of at least 4 members (excludes halogenated alkanes) is 3. The molecule has 10 heteroatoms. The second-order valence-electron chi connectivity index (χ2n) is 8.95. The van der Waals surface area contributed by atoms with Crippen LogP contribution in [0.15, 0.2) is 35.9 Å². The van der Waals surface area contributed by atoms with E-state index in [-0.39, 0.29) is 38.2 Å². The fraction of sp³-hybridized carbons (Fsp3) is 0.640. The lowest BCUT2D eigenvalue weighted by Crippen LogP contribution is -2.42. The molecule has 1 spiro atoms. The molecule has 0 amide bonds. The van der Waals surface area contributed by atoms with Crippen LogP contribution in [-0.4, -0.2) is 67.7 Å². The highest BCUT2D eigenvalue weighted by Gasteiger charge is 2.51. The van der Waals surface area contributed by atoms with Gasteiger partial charge in [0.2, 0.25) is 10.0 Å². The lowest BCUT2D eigenvalue weighted by molar-refractivity contribution is -0.154. The number of anilines is 1. The summed E-state index contributed by atoms with van der Waals surface area (Å²) in [6.07, 6.45) is 4.96. The molecule has 9 nitrogen and oxygen atoms in total. The molecule has 0 saturated carbocycles. The van der Waals surface area contributed by atoms with Gasteiger partial charge in [0.25, 0.3) is 0 Å². The third-order valence-electron chi connectivity index (χ3n) is 6.41. The van der Waals surface area contributed by atoms with Crippen LogP contribution in [0, 0.1) is 0 Å². The molecule has 3 atom stereocenters. The van der Waals surface area contributed by atoms with E-state index in [1.165, 1.54) is 6.08 Å². The predicted molar refractivity (Wildman–Crippen MR) is 131 cm³/mol. The molecule has 3 rings (SSSR count). The smallest absolute Gasteiger partial charge is 0.335 e. The number of esters is 1. The van der Waals surface area contributed by atoms with Crippen molar-refractivity contribution in [1.82, 2.24) is 0 Å². The molecule has 0 radical (unpaired) electrons. The van der Waals surface area contributed by atoms with E-state index in [4.69, 9.17) is 14.2 Å². The summed E-state index contributed by atoms with van der Waals surface area (Å²) in [5, 5.41) is 18.0. The van der Waals surface area contributed by atoms with Crippen LogP contribution in [0.3, 0.4) is 0 Å². The lowest BCUT2D eigenvalue weighted by atomic mass is 9.94. The number of carbonyl (C=O) groups is 1. The van der Waals surface area contributed by atoms with Gasteiger partial charge in [-0.15, -0.1) is 0 Å². The van der Waals surface area contributed by atoms with Crippen molar-refractivity contribution in [2.75, 3.05) is 24.5 Å². The molecule has 1 aromatic rings. The van der Waals surface area contributed by atoms with Crippen molar-refractivity contribution in [1.29, 1.82) is 0 Å². The van der Waals surface area contributed by atoms with Crippen molar-refractivity contribution in [2.45, 2.75) is 82.0 Å². The van der Waals surface area contributed by atoms with Gasteiger partial charge in [-0.25, -0.2) is 13.2 Å². The molecule has 3 N–H and O–H groups in total. The van der Waals surface area contributed by atoms with Crippen LogP contribution >= 0.6 is 0 Å². The minimum absolute atomic E-state index is 0.0367. The van der Waals surface area contributed by atoms with E-state index in [1.807, 2.05) is 12.1 Å². The van der Waals surface area contributed by atoms with E-state index in [1.54, 1.807) is 19.1 Å². The number of hydrogen-bond donors (Lipinski definition) is 3. The van der Waals surface area contributed by atoms with Gasteiger partial charge in [0, 0.05) is 6.42 Å². The molecule has 0 bridgehead atoms. The van der Waals surface area contributed by atoms with Gasteiger partial charge in [-0.1, -0.05) is 44.4 Å². The summed E-state index contributed by atoms with van der Waals surface area (Å²) in [7, 11) is -4.02. The van der Waals surface area contributed by atoms with Crippen LogP contribution in [-0.2, 0) is 35.4 Å². The van der Waals surface area contributed by atoms with Gasteiger partial charge in [0.15, 0.2) is 5.79 Å². The molecule has 1 heterocycles. The van der Waals surface area contributed by atoms with Crippen molar-refractivity contribution in [3.63, 3.8) is 0 Å². The molecule has 1 aliphatic heterocycles. The number of benzene rings is 1. The molecule has 35 heavy (non-hydrogen) atoms. The summed E-state index contributed by atoms with van der Waals surface area (Å²) in [4.78, 5) is 12.8. The monoisotopic (exact) mass is 511 g/mol. The number of carbonyl (C=O) groups excluding carboxylic acids is 1. The fourth-order valence-corrected chi connectivity index (χ4v) is 6.18. The van der Waals surface area contributed by atoms with Crippen LogP contribution in [0.5, 0.6) is 0 Å². The Bertz CT molecular complexity index is 981. The average Bonchev–Trinajstić information content (AvgIpc) is 3.19. The lowest BCUT2D eigenvalue weighted by Gasteiger charge is -2.33. The van der Waals surface area contributed by atoms with E-state index in [9.17, 15) is 23.4 Å². The van der Waals surface area contributed by atoms with E-state index in [0.29, 0.717) is 5.69 Å². The Morgan fingerprint density at radius 2 is 1.80 bits per heavy atom. The Morgan fingerprint density at radius 1 is 1.11 bits per heavy atom. The van der Waals surface area contributed by atoms with Crippen LogP contribution in [0.2, 0.25) is 0 Å². The van der Waals surface area contributed by atoms with Gasteiger partial charge in [-0.3, -0.25) is 4.72 Å². The molecular weight excluding hydrogens is 474 g/mol. The van der Waals surface area contributed by atoms with E-state index < -0.39 is 39.2 Å². The third kappa shape index (κ3) is 6.62. The first-order valence-electron chi connectivity index (χ1n) is 12.4. The van der Waals surface area contributed by atoms with Crippen molar-refractivity contribution in [3.8, 4) is 0 Å². The SMILES string of the molecule is CCCCCCc1ccccc1NS(=O)(=O)C1CCC2(C=C1C(=O)OCC)O[C@H](CO)[C@@H](CO)O2. The fourth-order valence-electron chi connectivity index (χ4n) is 4.61. The highest BCUT2D eigenvalue weighted by Crippen LogP contribution is 2.41. The molecule has 1 aromatic carbocycles. The first kappa shape index (κ1) is 27.6. The molecular formula is C25H37NO8S. The quantitative estimate of drug-likeness (QED) is 0.288. The minimum Gasteiger partial charge on any atom is -0.463 e. The number of aryl methyl sites for hydroxylation is 1. The van der Waals surface area contributed by atoms with Crippen molar-refractivity contribution >= 4 is 21.7 Å². The van der Waals surface area contributed by atoms with E-state index in [2.05, 4.69) is 11.6 Å². The molecule has 196 valence electrons. The Balaban J connectivity index is 1.87. The zero-order chi connectivity index (χ0) is 25.5.